The van der Waals surface area contributed by atoms with Crippen molar-refractivity contribution >= 4 is 5.82 Å². The summed E-state index contributed by atoms with van der Waals surface area (Å²) in [5.41, 5.74) is 4.81. The standard InChI is InChI=1S/C7H8F3N3/c8-7(9,10)6(11)13-5-3-1-2-4-12-5/h1-4,6H,11H2,(H,12,13). The van der Waals surface area contributed by atoms with Crippen LogP contribution in [0, 0.1) is 0 Å². The van der Waals surface area contributed by atoms with E-state index in [1.807, 2.05) is 5.32 Å². The van der Waals surface area contributed by atoms with E-state index >= 15 is 0 Å². The van der Waals surface area contributed by atoms with E-state index in [-0.39, 0.29) is 5.82 Å². The molecule has 0 aliphatic rings. The van der Waals surface area contributed by atoms with Gasteiger partial charge in [-0.05, 0) is 12.1 Å². The summed E-state index contributed by atoms with van der Waals surface area (Å²) in [5.74, 6) is 0.104. The fraction of sp³-hybridized carbons (Fsp3) is 0.286. The number of hydrogen-bond acceptors (Lipinski definition) is 3. The van der Waals surface area contributed by atoms with E-state index in [1.54, 1.807) is 12.1 Å². The summed E-state index contributed by atoms with van der Waals surface area (Å²) < 4.78 is 35.8. The average Bonchev–Trinajstić information content (AvgIpc) is 2.04. The van der Waals surface area contributed by atoms with Crippen LogP contribution in [0.4, 0.5) is 19.0 Å². The van der Waals surface area contributed by atoms with Crippen LogP contribution in [-0.4, -0.2) is 17.3 Å². The molecule has 0 bridgehead atoms. The predicted molar refractivity (Wildman–Crippen MR) is 41.9 cm³/mol. The molecule has 0 radical (unpaired) electrons. The van der Waals surface area contributed by atoms with Gasteiger partial charge in [0.1, 0.15) is 5.82 Å². The largest absolute Gasteiger partial charge is 0.421 e. The lowest BCUT2D eigenvalue weighted by Crippen LogP contribution is -2.44. The number of alkyl halides is 3. The topological polar surface area (TPSA) is 50.9 Å². The monoisotopic (exact) mass is 191 g/mol. The average molecular weight is 191 g/mol. The number of aromatic nitrogens is 1. The zero-order valence-electron chi connectivity index (χ0n) is 6.55. The molecule has 0 fully saturated rings. The minimum atomic E-state index is -4.46. The van der Waals surface area contributed by atoms with Crippen LogP contribution in [-0.2, 0) is 0 Å². The zero-order valence-corrected chi connectivity index (χ0v) is 6.55. The van der Waals surface area contributed by atoms with Crippen molar-refractivity contribution in [3.8, 4) is 0 Å². The van der Waals surface area contributed by atoms with Gasteiger partial charge in [-0.15, -0.1) is 0 Å². The smallest absolute Gasteiger partial charge is 0.347 e. The first-order chi connectivity index (χ1) is 6.00. The number of hydrogen-bond donors (Lipinski definition) is 2. The maximum absolute atomic E-state index is 11.9. The van der Waals surface area contributed by atoms with Gasteiger partial charge in [-0.25, -0.2) is 4.98 Å². The number of nitrogens with zero attached hydrogens (tertiary/aromatic N) is 1. The fourth-order valence-electron chi connectivity index (χ4n) is 0.689. The van der Waals surface area contributed by atoms with Crippen molar-refractivity contribution in [1.82, 2.24) is 4.98 Å². The third-order valence-corrected chi connectivity index (χ3v) is 1.32. The Hall–Kier alpha value is -1.30. The maximum atomic E-state index is 11.9. The molecule has 1 rings (SSSR count). The molecule has 0 saturated heterocycles. The van der Waals surface area contributed by atoms with Gasteiger partial charge in [0.05, 0.1) is 0 Å². The van der Waals surface area contributed by atoms with E-state index in [4.69, 9.17) is 5.73 Å². The first-order valence-electron chi connectivity index (χ1n) is 3.50. The number of pyridine rings is 1. The second-order valence-corrected chi connectivity index (χ2v) is 2.38. The van der Waals surface area contributed by atoms with Crippen LogP contribution in [0.1, 0.15) is 0 Å². The molecule has 6 heteroatoms. The van der Waals surface area contributed by atoms with Gasteiger partial charge in [0.15, 0.2) is 6.17 Å². The van der Waals surface area contributed by atoms with E-state index in [0.717, 1.165) is 0 Å². The molecular weight excluding hydrogens is 183 g/mol. The fourth-order valence-corrected chi connectivity index (χ4v) is 0.689. The molecule has 1 aromatic heterocycles. The second-order valence-electron chi connectivity index (χ2n) is 2.38. The molecule has 0 aliphatic carbocycles. The van der Waals surface area contributed by atoms with Gasteiger partial charge < -0.3 is 11.1 Å². The normalized spacial score (nSPS) is 13.8. The third kappa shape index (κ3) is 2.90. The minimum Gasteiger partial charge on any atom is -0.347 e. The van der Waals surface area contributed by atoms with Crippen molar-refractivity contribution in [3.05, 3.63) is 24.4 Å². The van der Waals surface area contributed by atoms with Crippen molar-refractivity contribution < 1.29 is 13.2 Å². The van der Waals surface area contributed by atoms with Gasteiger partial charge in [0, 0.05) is 6.20 Å². The van der Waals surface area contributed by atoms with E-state index in [2.05, 4.69) is 4.98 Å². The Bertz CT molecular complexity index is 259. The lowest BCUT2D eigenvalue weighted by molar-refractivity contribution is -0.141. The molecule has 0 aliphatic heterocycles. The van der Waals surface area contributed by atoms with Gasteiger partial charge in [-0.1, -0.05) is 6.07 Å². The predicted octanol–water partition coefficient (Wildman–Crippen LogP) is 1.34. The number of rotatable bonds is 2. The third-order valence-electron chi connectivity index (χ3n) is 1.32. The quantitative estimate of drug-likeness (QED) is 0.693. The molecule has 72 valence electrons. The van der Waals surface area contributed by atoms with Gasteiger partial charge in [-0.3, -0.25) is 0 Å². The zero-order chi connectivity index (χ0) is 9.90. The molecular formula is C7H8F3N3. The van der Waals surface area contributed by atoms with Gasteiger partial charge in [0.25, 0.3) is 0 Å². The summed E-state index contributed by atoms with van der Waals surface area (Å²) in [6.07, 6.45) is -5.16. The Balaban J connectivity index is 2.61. The van der Waals surface area contributed by atoms with E-state index in [1.165, 1.54) is 12.3 Å². The Morgan fingerprint density at radius 2 is 2.08 bits per heavy atom. The Morgan fingerprint density at radius 3 is 2.54 bits per heavy atom. The SMILES string of the molecule is NC(Nc1ccccn1)C(F)(F)F. The summed E-state index contributed by atoms with van der Waals surface area (Å²) in [4.78, 5) is 3.64. The Kier molecular flexibility index (Phi) is 2.72. The minimum absolute atomic E-state index is 0.104. The molecule has 1 aromatic rings. The molecule has 1 unspecified atom stereocenters. The molecule has 3 nitrogen and oxygen atoms in total. The molecule has 0 aromatic carbocycles. The molecule has 1 heterocycles. The molecule has 3 N–H and O–H groups in total. The van der Waals surface area contributed by atoms with Gasteiger partial charge in [0.2, 0.25) is 0 Å². The van der Waals surface area contributed by atoms with Crippen LogP contribution in [0.15, 0.2) is 24.4 Å². The summed E-state index contributed by atoms with van der Waals surface area (Å²) in [7, 11) is 0. The maximum Gasteiger partial charge on any atom is 0.421 e. The Morgan fingerprint density at radius 1 is 1.38 bits per heavy atom. The molecule has 0 spiro atoms. The van der Waals surface area contributed by atoms with Crippen molar-refractivity contribution in [2.75, 3.05) is 5.32 Å². The van der Waals surface area contributed by atoms with Crippen LogP contribution in [0.25, 0.3) is 0 Å². The summed E-state index contributed by atoms with van der Waals surface area (Å²) in [6, 6.07) is 4.58. The first-order valence-corrected chi connectivity index (χ1v) is 3.50. The van der Waals surface area contributed by atoms with Gasteiger partial charge in [-0.2, -0.15) is 13.2 Å². The van der Waals surface area contributed by atoms with Crippen LogP contribution < -0.4 is 11.1 Å². The van der Waals surface area contributed by atoms with Gasteiger partial charge >= 0.3 is 6.18 Å². The number of anilines is 1. The lowest BCUT2D eigenvalue weighted by atomic mass is 10.4. The Labute approximate surface area is 72.8 Å². The first kappa shape index (κ1) is 9.79. The van der Waals surface area contributed by atoms with Crippen molar-refractivity contribution in [3.63, 3.8) is 0 Å². The molecule has 0 saturated carbocycles. The summed E-state index contributed by atoms with van der Waals surface area (Å²) >= 11 is 0. The number of nitrogens with one attached hydrogen (secondary N) is 1. The van der Waals surface area contributed by atoms with Crippen molar-refractivity contribution in [1.29, 1.82) is 0 Å². The van der Waals surface area contributed by atoms with E-state index in [9.17, 15) is 13.2 Å². The van der Waals surface area contributed by atoms with Crippen molar-refractivity contribution in [2.45, 2.75) is 12.3 Å². The van der Waals surface area contributed by atoms with E-state index < -0.39 is 12.3 Å². The second kappa shape index (κ2) is 3.61. The number of halogens is 3. The van der Waals surface area contributed by atoms with Crippen molar-refractivity contribution in [2.24, 2.45) is 5.73 Å². The highest BCUT2D eigenvalue weighted by Crippen LogP contribution is 2.19. The lowest BCUT2D eigenvalue weighted by Gasteiger charge is -2.16. The highest BCUT2D eigenvalue weighted by atomic mass is 19.4. The molecule has 13 heavy (non-hydrogen) atoms. The van der Waals surface area contributed by atoms with E-state index in [0.29, 0.717) is 0 Å². The van der Waals surface area contributed by atoms with Crippen LogP contribution in [0.5, 0.6) is 0 Å². The molecule has 1 atom stereocenters. The van der Waals surface area contributed by atoms with Crippen LogP contribution in [0.3, 0.4) is 0 Å². The highest BCUT2D eigenvalue weighted by Gasteiger charge is 2.36. The number of nitrogens with two attached hydrogens (primary N) is 1. The highest BCUT2D eigenvalue weighted by molar-refractivity contribution is 5.34. The van der Waals surface area contributed by atoms with Crippen LogP contribution in [0.2, 0.25) is 0 Å². The summed E-state index contributed by atoms with van der Waals surface area (Å²) in [6.45, 7) is 0. The van der Waals surface area contributed by atoms with Crippen LogP contribution >= 0.6 is 0 Å². The summed E-state index contributed by atoms with van der Waals surface area (Å²) in [5, 5.41) is 2.02. The molecule has 0 amide bonds.